The van der Waals surface area contributed by atoms with Gasteiger partial charge in [-0.3, -0.25) is 10.1 Å². The van der Waals surface area contributed by atoms with Crippen molar-refractivity contribution in [3.63, 3.8) is 0 Å². The van der Waals surface area contributed by atoms with Gasteiger partial charge in [0.15, 0.2) is 10.7 Å². The molecule has 0 aliphatic carbocycles. The lowest BCUT2D eigenvalue weighted by Crippen LogP contribution is -2.34. The van der Waals surface area contributed by atoms with Gasteiger partial charge < -0.3 is 14.8 Å². The molecule has 1 heterocycles. The van der Waals surface area contributed by atoms with Crippen LogP contribution < -0.4 is 10.6 Å². The van der Waals surface area contributed by atoms with Crippen molar-refractivity contribution in [2.45, 2.75) is 20.3 Å². The Kier molecular flexibility index (Phi) is 5.68. The van der Waals surface area contributed by atoms with Gasteiger partial charge in [0, 0.05) is 17.3 Å². The first kappa shape index (κ1) is 20.6. The summed E-state index contributed by atoms with van der Waals surface area (Å²) in [4.78, 5) is 16.9. The number of thiocarbonyl (C=S) groups is 1. The van der Waals surface area contributed by atoms with Crippen molar-refractivity contribution in [1.82, 2.24) is 10.3 Å². The van der Waals surface area contributed by atoms with Crippen molar-refractivity contribution in [2.24, 2.45) is 0 Å². The molecule has 0 saturated carbocycles. The number of aromatic hydroxyl groups is 1. The lowest BCUT2D eigenvalue weighted by atomic mass is 10.1. The van der Waals surface area contributed by atoms with Crippen LogP contribution in [0.15, 0.2) is 65.1 Å². The maximum Gasteiger partial charge on any atom is 0.257 e. The monoisotopic (exact) mass is 431 g/mol. The smallest absolute Gasteiger partial charge is 0.257 e. The van der Waals surface area contributed by atoms with E-state index in [0.29, 0.717) is 28.3 Å². The predicted molar refractivity (Wildman–Crippen MR) is 125 cm³/mol. The molecule has 1 amide bonds. The average Bonchev–Trinajstić information content (AvgIpc) is 3.16. The molecule has 3 aromatic carbocycles. The topological polar surface area (TPSA) is 87.4 Å². The Morgan fingerprint density at radius 2 is 1.94 bits per heavy atom. The van der Waals surface area contributed by atoms with E-state index in [2.05, 4.69) is 22.5 Å². The normalized spacial score (nSPS) is 10.8. The lowest BCUT2D eigenvalue weighted by molar-refractivity contribution is 0.0977. The van der Waals surface area contributed by atoms with E-state index in [1.807, 2.05) is 37.3 Å². The molecule has 6 nitrogen and oxygen atoms in total. The van der Waals surface area contributed by atoms with Gasteiger partial charge in [-0.1, -0.05) is 31.2 Å². The second-order valence-corrected chi connectivity index (χ2v) is 7.54. The number of amides is 1. The summed E-state index contributed by atoms with van der Waals surface area (Å²) in [6.07, 6.45) is 0.907. The first-order valence-corrected chi connectivity index (χ1v) is 10.3. The molecular formula is C24H21N3O3S. The number of anilines is 1. The van der Waals surface area contributed by atoms with Gasteiger partial charge in [-0.05, 0) is 67.0 Å². The molecule has 156 valence electrons. The third-order valence-electron chi connectivity index (χ3n) is 4.96. The fourth-order valence-electron chi connectivity index (χ4n) is 3.26. The Balaban J connectivity index is 1.49. The second kappa shape index (κ2) is 8.57. The van der Waals surface area contributed by atoms with Gasteiger partial charge in [0.2, 0.25) is 5.89 Å². The van der Waals surface area contributed by atoms with Crippen molar-refractivity contribution in [1.29, 1.82) is 0 Å². The number of fused-ring (bicyclic) bond motifs is 1. The van der Waals surface area contributed by atoms with Crippen LogP contribution in [0, 0.1) is 6.92 Å². The van der Waals surface area contributed by atoms with Crippen molar-refractivity contribution < 1.29 is 14.3 Å². The van der Waals surface area contributed by atoms with Crippen LogP contribution in [-0.4, -0.2) is 21.1 Å². The van der Waals surface area contributed by atoms with E-state index in [4.69, 9.17) is 16.6 Å². The number of carbonyl (C=O) groups excluding carboxylic acids is 1. The summed E-state index contributed by atoms with van der Waals surface area (Å²) in [5.74, 6) is 0.0254. The molecule has 0 radical (unpaired) electrons. The van der Waals surface area contributed by atoms with Crippen LogP contribution in [-0.2, 0) is 6.42 Å². The van der Waals surface area contributed by atoms with Crippen LogP contribution in [0.3, 0.4) is 0 Å². The van der Waals surface area contributed by atoms with Gasteiger partial charge in [-0.2, -0.15) is 0 Å². The first-order valence-electron chi connectivity index (χ1n) is 9.85. The molecule has 0 atom stereocenters. The summed E-state index contributed by atoms with van der Waals surface area (Å²) in [5, 5.41) is 16.2. The van der Waals surface area contributed by atoms with E-state index in [0.717, 1.165) is 23.1 Å². The minimum absolute atomic E-state index is 0.0136. The predicted octanol–water partition coefficient (Wildman–Crippen LogP) is 5.20. The number of phenolic OH excluding ortho intramolecular Hbond substituents is 1. The molecule has 0 bridgehead atoms. The van der Waals surface area contributed by atoms with Gasteiger partial charge >= 0.3 is 0 Å². The molecule has 31 heavy (non-hydrogen) atoms. The lowest BCUT2D eigenvalue weighted by Gasteiger charge is -2.11. The van der Waals surface area contributed by atoms with E-state index in [1.165, 1.54) is 6.07 Å². The fourth-order valence-corrected chi connectivity index (χ4v) is 3.47. The standard InChI is InChI=1S/C24H21N3O3S/c1-3-15-8-11-21-19(12-15)26-23(30-21)18-10-9-16(13-20(18)28)25-24(31)27-22(29)17-7-5-4-6-14(17)2/h4-13,28H,3H2,1-2H3,(H2,25,27,29,31). The van der Waals surface area contributed by atoms with Crippen LogP contribution >= 0.6 is 12.2 Å². The summed E-state index contributed by atoms with van der Waals surface area (Å²) in [7, 11) is 0. The summed E-state index contributed by atoms with van der Waals surface area (Å²) in [5.41, 5.74) is 4.97. The molecule has 1 aromatic heterocycles. The number of hydrogen-bond acceptors (Lipinski definition) is 5. The highest BCUT2D eigenvalue weighted by Gasteiger charge is 2.14. The quantitative estimate of drug-likeness (QED) is 0.385. The molecule has 4 aromatic rings. The summed E-state index contributed by atoms with van der Waals surface area (Å²) in [6.45, 7) is 3.94. The van der Waals surface area contributed by atoms with Crippen molar-refractivity contribution in [2.75, 3.05) is 5.32 Å². The number of rotatable bonds is 4. The van der Waals surface area contributed by atoms with Gasteiger partial charge in [0.25, 0.3) is 5.91 Å². The highest BCUT2D eigenvalue weighted by atomic mass is 32.1. The Hall–Kier alpha value is -3.71. The third-order valence-corrected chi connectivity index (χ3v) is 5.17. The molecular weight excluding hydrogens is 410 g/mol. The highest BCUT2D eigenvalue weighted by Crippen LogP contribution is 2.33. The van der Waals surface area contributed by atoms with Gasteiger partial charge in [0.05, 0.1) is 5.56 Å². The molecule has 0 aliphatic rings. The van der Waals surface area contributed by atoms with E-state index in [1.54, 1.807) is 24.3 Å². The molecule has 7 heteroatoms. The number of benzene rings is 3. The maximum absolute atomic E-state index is 12.4. The summed E-state index contributed by atoms with van der Waals surface area (Å²) >= 11 is 5.24. The number of aromatic nitrogens is 1. The van der Waals surface area contributed by atoms with Crippen molar-refractivity contribution >= 4 is 40.0 Å². The Bertz CT molecular complexity index is 1300. The fraction of sp³-hybridized carbons (Fsp3) is 0.125. The molecule has 0 saturated heterocycles. The number of carbonyl (C=O) groups is 1. The second-order valence-electron chi connectivity index (χ2n) is 7.13. The zero-order chi connectivity index (χ0) is 22.0. The van der Waals surface area contributed by atoms with Crippen LogP contribution in [0.1, 0.15) is 28.4 Å². The number of oxazole rings is 1. The van der Waals surface area contributed by atoms with Gasteiger partial charge in [-0.25, -0.2) is 4.98 Å². The van der Waals surface area contributed by atoms with Crippen molar-refractivity contribution in [3.05, 3.63) is 77.4 Å². The average molecular weight is 432 g/mol. The Labute approximate surface area is 184 Å². The first-order chi connectivity index (χ1) is 14.9. The minimum Gasteiger partial charge on any atom is -0.507 e. The van der Waals surface area contributed by atoms with Crippen LogP contribution in [0.25, 0.3) is 22.6 Å². The summed E-state index contributed by atoms with van der Waals surface area (Å²) in [6, 6.07) is 18.0. The summed E-state index contributed by atoms with van der Waals surface area (Å²) < 4.78 is 5.79. The van der Waals surface area contributed by atoms with E-state index < -0.39 is 0 Å². The van der Waals surface area contributed by atoms with Gasteiger partial charge in [-0.15, -0.1) is 0 Å². The SMILES string of the molecule is CCc1ccc2oc(-c3ccc(NC(=S)NC(=O)c4ccccc4C)cc3O)nc2c1. The number of aryl methyl sites for hydroxylation is 2. The van der Waals surface area contributed by atoms with Crippen LogP contribution in [0.5, 0.6) is 5.75 Å². The van der Waals surface area contributed by atoms with E-state index in [-0.39, 0.29) is 16.8 Å². The number of nitrogens with one attached hydrogen (secondary N) is 2. The number of hydrogen-bond donors (Lipinski definition) is 3. The van der Waals surface area contributed by atoms with E-state index >= 15 is 0 Å². The Morgan fingerprint density at radius 3 is 2.68 bits per heavy atom. The number of phenols is 1. The molecule has 0 aliphatic heterocycles. The molecule has 0 unspecified atom stereocenters. The molecule has 4 rings (SSSR count). The highest BCUT2D eigenvalue weighted by molar-refractivity contribution is 7.80. The molecule has 0 spiro atoms. The molecule has 3 N–H and O–H groups in total. The minimum atomic E-state index is -0.297. The van der Waals surface area contributed by atoms with Crippen LogP contribution in [0.4, 0.5) is 5.69 Å². The van der Waals surface area contributed by atoms with Crippen LogP contribution in [0.2, 0.25) is 0 Å². The number of nitrogens with zero attached hydrogens (tertiary/aromatic N) is 1. The van der Waals surface area contributed by atoms with Crippen molar-refractivity contribution in [3.8, 4) is 17.2 Å². The van der Waals surface area contributed by atoms with Gasteiger partial charge in [0.1, 0.15) is 11.3 Å². The molecule has 0 fully saturated rings. The third kappa shape index (κ3) is 4.41. The van der Waals surface area contributed by atoms with E-state index in [9.17, 15) is 9.90 Å². The Morgan fingerprint density at radius 1 is 1.13 bits per heavy atom. The zero-order valence-corrected chi connectivity index (χ0v) is 17.9. The maximum atomic E-state index is 12.4. The zero-order valence-electron chi connectivity index (χ0n) is 17.1. The largest absolute Gasteiger partial charge is 0.507 e.